The first-order valence-electron chi connectivity index (χ1n) is 9.40. The lowest BCUT2D eigenvalue weighted by molar-refractivity contribution is 0.0648. The number of pyridine rings is 1. The fourth-order valence-electron chi connectivity index (χ4n) is 4.31. The van der Waals surface area contributed by atoms with Crippen LogP contribution in [-0.2, 0) is 11.3 Å². The average molecular weight is 347 g/mol. The highest BCUT2D eigenvalue weighted by molar-refractivity contribution is 5.94. The van der Waals surface area contributed by atoms with E-state index >= 15 is 0 Å². The molecule has 1 aromatic heterocycles. The number of likely N-dealkylation sites (tertiary alicyclic amines) is 2. The fourth-order valence-corrected chi connectivity index (χ4v) is 4.31. The van der Waals surface area contributed by atoms with Gasteiger partial charge in [0.1, 0.15) is 0 Å². The minimum absolute atomic E-state index is 0.0524. The van der Waals surface area contributed by atoms with Crippen molar-refractivity contribution in [1.82, 2.24) is 14.4 Å². The van der Waals surface area contributed by atoms with Crippen molar-refractivity contribution < 1.29 is 9.53 Å². The zero-order valence-electron chi connectivity index (χ0n) is 15.3. The summed E-state index contributed by atoms with van der Waals surface area (Å²) in [7, 11) is 1.61. The number of methoxy groups -OCH3 is 1. The molecule has 2 aliphatic heterocycles. The molecule has 25 heavy (non-hydrogen) atoms. The Bertz CT molecular complexity index is 658. The van der Waals surface area contributed by atoms with Gasteiger partial charge in [-0.3, -0.25) is 14.5 Å². The Labute approximate surface area is 149 Å². The zero-order chi connectivity index (χ0) is 17.8. The van der Waals surface area contributed by atoms with Gasteiger partial charge < -0.3 is 14.2 Å². The largest absolute Gasteiger partial charge is 0.383 e. The highest BCUT2D eigenvalue weighted by atomic mass is 16.5. The van der Waals surface area contributed by atoms with Crippen LogP contribution in [0.1, 0.15) is 43.0 Å². The first-order chi connectivity index (χ1) is 12.2. The maximum absolute atomic E-state index is 13.1. The summed E-state index contributed by atoms with van der Waals surface area (Å²) < 4.78 is 6.61. The van der Waals surface area contributed by atoms with Gasteiger partial charge in [-0.15, -0.1) is 0 Å². The third kappa shape index (κ3) is 3.80. The van der Waals surface area contributed by atoms with Gasteiger partial charge in [0.15, 0.2) is 0 Å². The molecular weight excluding hydrogens is 318 g/mol. The van der Waals surface area contributed by atoms with Crippen molar-refractivity contribution in [2.45, 2.75) is 51.2 Å². The molecule has 138 valence electrons. The Morgan fingerprint density at radius 2 is 1.96 bits per heavy atom. The minimum Gasteiger partial charge on any atom is -0.383 e. The van der Waals surface area contributed by atoms with E-state index in [0.29, 0.717) is 30.8 Å². The van der Waals surface area contributed by atoms with E-state index in [4.69, 9.17) is 4.74 Å². The molecule has 6 nitrogen and oxygen atoms in total. The van der Waals surface area contributed by atoms with Gasteiger partial charge in [-0.25, -0.2) is 0 Å². The molecule has 0 spiro atoms. The summed E-state index contributed by atoms with van der Waals surface area (Å²) in [5.74, 6) is 0.0524. The Kier molecular flexibility index (Phi) is 5.91. The number of likely N-dealkylation sites (N-methyl/N-ethyl adjacent to an activating group) is 1. The van der Waals surface area contributed by atoms with Crippen LogP contribution in [-0.4, -0.2) is 65.7 Å². The van der Waals surface area contributed by atoms with Crippen LogP contribution in [0.5, 0.6) is 0 Å². The van der Waals surface area contributed by atoms with Crippen molar-refractivity contribution in [3.05, 3.63) is 34.2 Å². The number of amides is 1. The molecule has 0 radical (unpaired) electrons. The number of carbonyl (C=O) groups excluding carboxylic acids is 1. The lowest BCUT2D eigenvalue weighted by Gasteiger charge is -2.34. The van der Waals surface area contributed by atoms with Crippen LogP contribution in [0.2, 0.25) is 0 Å². The lowest BCUT2D eigenvalue weighted by atomic mass is 10.0. The van der Waals surface area contributed by atoms with Gasteiger partial charge in [0.25, 0.3) is 11.5 Å². The third-order valence-electron chi connectivity index (χ3n) is 5.59. The quantitative estimate of drug-likeness (QED) is 0.784. The molecule has 0 N–H and O–H groups in total. The van der Waals surface area contributed by atoms with Gasteiger partial charge in [0.2, 0.25) is 0 Å². The molecule has 0 unspecified atom stereocenters. The molecule has 0 saturated carbocycles. The normalized spacial score (nSPS) is 24.2. The maximum Gasteiger partial charge on any atom is 0.255 e. The van der Waals surface area contributed by atoms with Gasteiger partial charge in [-0.05, 0) is 44.8 Å². The molecule has 1 aromatic rings. The number of hydrogen-bond donors (Lipinski definition) is 0. The van der Waals surface area contributed by atoms with Crippen LogP contribution in [0.25, 0.3) is 0 Å². The zero-order valence-corrected chi connectivity index (χ0v) is 15.3. The van der Waals surface area contributed by atoms with E-state index in [9.17, 15) is 9.59 Å². The Morgan fingerprint density at radius 3 is 2.72 bits per heavy atom. The minimum atomic E-state index is -0.0977. The molecule has 2 fully saturated rings. The second kappa shape index (κ2) is 8.15. The second-order valence-corrected chi connectivity index (χ2v) is 6.99. The van der Waals surface area contributed by atoms with Crippen LogP contribution in [0.4, 0.5) is 0 Å². The molecule has 0 bridgehead atoms. The van der Waals surface area contributed by atoms with E-state index in [0.717, 1.165) is 32.5 Å². The van der Waals surface area contributed by atoms with Gasteiger partial charge >= 0.3 is 0 Å². The van der Waals surface area contributed by atoms with Crippen LogP contribution in [0, 0.1) is 0 Å². The summed E-state index contributed by atoms with van der Waals surface area (Å²) in [5.41, 5.74) is 0.503. The molecule has 3 heterocycles. The van der Waals surface area contributed by atoms with Gasteiger partial charge in [-0.1, -0.05) is 6.92 Å². The molecule has 0 aromatic carbocycles. The van der Waals surface area contributed by atoms with Crippen molar-refractivity contribution in [2.75, 3.05) is 33.4 Å². The Hall–Kier alpha value is -1.66. The molecule has 2 aliphatic rings. The van der Waals surface area contributed by atoms with E-state index in [1.54, 1.807) is 23.9 Å². The summed E-state index contributed by atoms with van der Waals surface area (Å²) >= 11 is 0. The van der Waals surface area contributed by atoms with Crippen molar-refractivity contribution in [2.24, 2.45) is 0 Å². The summed E-state index contributed by atoms with van der Waals surface area (Å²) in [4.78, 5) is 29.6. The monoisotopic (exact) mass is 347 g/mol. The first-order valence-corrected chi connectivity index (χ1v) is 9.40. The molecular formula is C19H29N3O3. The van der Waals surface area contributed by atoms with Crippen molar-refractivity contribution in [3.63, 3.8) is 0 Å². The van der Waals surface area contributed by atoms with E-state index < -0.39 is 0 Å². The van der Waals surface area contributed by atoms with Crippen LogP contribution >= 0.6 is 0 Å². The van der Waals surface area contributed by atoms with Gasteiger partial charge in [-0.2, -0.15) is 0 Å². The molecule has 1 amide bonds. The standard InChI is InChI=1S/C19H29N3O3/c1-3-20-10-4-6-16(20)17-7-5-11-22(17)19(24)15-8-9-18(23)21(14-15)12-13-25-2/h8-9,14,16-17H,3-7,10-13H2,1-2H3/t16-,17+/m1/s1. The molecule has 2 atom stereocenters. The Morgan fingerprint density at radius 1 is 1.20 bits per heavy atom. The summed E-state index contributed by atoms with van der Waals surface area (Å²) in [6.45, 7) is 6.12. The Balaban J connectivity index is 1.78. The lowest BCUT2D eigenvalue weighted by Crippen LogP contribution is -2.48. The molecule has 6 heteroatoms. The van der Waals surface area contributed by atoms with Crippen molar-refractivity contribution in [3.8, 4) is 0 Å². The maximum atomic E-state index is 13.1. The van der Waals surface area contributed by atoms with Crippen LogP contribution in [0.15, 0.2) is 23.1 Å². The molecule has 3 rings (SSSR count). The molecule has 0 aliphatic carbocycles. The number of carbonyl (C=O) groups is 1. The van der Waals surface area contributed by atoms with Crippen LogP contribution < -0.4 is 5.56 Å². The predicted molar refractivity (Wildman–Crippen MR) is 96.9 cm³/mol. The number of ether oxygens (including phenoxy) is 1. The summed E-state index contributed by atoms with van der Waals surface area (Å²) in [5, 5.41) is 0. The first kappa shape index (κ1) is 18.1. The van der Waals surface area contributed by atoms with E-state index in [2.05, 4.69) is 11.8 Å². The van der Waals surface area contributed by atoms with Gasteiger partial charge in [0, 0.05) is 44.5 Å². The van der Waals surface area contributed by atoms with E-state index in [-0.39, 0.29) is 11.5 Å². The van der Waals surface area contributed by atoms with E-state index in [1.165, 1.54) is 18.9 Å². The number of rotatable bonds is 6. The number of nitrogens with zero attached hydrogens (tertiary/aromatic N) is 3. The topological polar surface area (TPSA) is 54.8 Å². The highest BCUT2D eigenvalue weighted by Gasteiger charge is 2.39. The predicted octanol–water partition coefficient (Wildman–Crippen LogP) is 1.58. The summed E-state index contributed by atoms with van der Waals surface area (Å²) in [6.07, 6.45) is 6.23. The number of hydrogen-bond acceptors (Lipinski definition) is 4. The molecule has 2 saturated heterocycles. The fraction of sp³-hybridized carbons (Fsp3) is 0.684. The highest BCUT2D eigenvalue weighted by Crippen LogP contribution is 2.30. The SMILES string of the molecule is CCN1CCC[C@@H]1[C@@H]1CCCN1C(=O)c1ccc(=O)n(CCOC)c1. The number of aromatic nitrogens is 1. The van der Waals surface area contributed by atoms with E-state index in [1.807, 2.05) is 4.90 Å². The van der Waals surface area contributed by atoms with Crippen LogP contribution in [0.3, 0.4) is 0 Å². The van der Waals surface area contributed by atoms with Crippen molar-refractivity contribution in [1.29, 1.82) is 0 Å². The van der Waals surface area contributed by atoms with Gasteiger partial charge in [0.05, 0.1) is 12.2 Å². The summed E-state index contributed by atoms with van der Waals surface area (Å²) in [6, 6.07) is 3.93. The second-order valence-electron chi connectivity index (χ2n) is 6.99. The third-order valence-corrected chi connectivity index (χ3v) is 5.59. The average Bonchev–Trinajstić information content (AvgIpc) is 3.28. The van der Waals surface area contributed by atoms with Crippen molar-refractivity contribution >= 4 is 5.91 Å². The smallest absolute Gasteiger partial charge is 0.255 e.